The van der Waals surface area contributed by atoms with Gasteiger partial charge < -0.3 is 25.8 Å². The lowest BCUT2D eigenvalue weighted by Gasteiger charge is -2.36. The van der Waals surface area contributed by atoms with Crippen LogP contribution in [0.3, 0.4) is 0 Å². The minimum absolute atomic E-state index is 0.0166. The molecular formula is C32H42FN9O5S. The summed E-state index contributed by atoms with van der Waals surface area (Å²) < 4.78 is 24.3. The third-order valence-electron chi connectivity index (χ3n) is 9.41. The molecule has 16 heteroatoms. The van der Waals surface area contributed by atoms with E-state index in [1.54, 1.807) is 17.9 Å². The third-order valence-corrected chi connectivity index (χ3v) is 10.1. The Kier molecular flexibility index (Phi) is 11.5. The number of carbonyl (C=O) groups excluding carboxylic acids is 4. The van der Waals surface area contributed by atoms with E-state index in [0.29, 0.717) is 49.8 Å². The Hall–Kier alpha value is -4.31. The summed E-state index contributed by atoms with van der Waals surface area (Å²) in [4.78, 5) is 61.3. The van der Waals surface area contributed by atoms with Crippen LogP contribution in [0.4, 0.5) is 10.1 Å². The Morgan fingerprint density at radius 1 is 1.04 bits per heavy atom. The smallest absolute Gasteiger partial charge is 0.282 e. The van der Waals surface area contributed by atoms with Crippen LogP contribution in [0.5, 0.6) is 0 Å². The molecule has 1 aliphatic heterocycles. The Labute approximate surface area is 282 Å². The molecule has 0 radical (unpaired) electrons. The van der Waals surface area contributed by atoms with Crippen molar-refractivity contribution in [2.45, 2.75) is 70.9 Å². The normalized spacial score (nSPS) is 20.4. The zero-order chi connectivity index (χ0) is 34.4. The summed E-state index contributed by atoms with van der Waals surface area (Å²) in [5.41, 5.74) is 0.773. The number of anilines is 1. The first-order valence-electron chi connectivity index (χ1n) is 16.3. The fraction of sp³-hybridized carbons (Fsp3) is 0.562. The quantitative estimate of drug-likeness (QED) is 0.273. The van der Waals surface area contributed by atoms with E-state index in [1.165, 1.54) is 18.5 Å². The average Bonchev–Trinajstić information content (AvgIpc) is 3.80. The number of nitrogens with one attached hydrogen (secondary N) is 3. The van der Waals surface area contributed by atoms with Crippen LogP contribution in [-0.2, 0) is 16.0 Å². The molecule has 48 heavy (non-hydrogen) atoms. The van der Waals surface area contributed by atoms with Gasteiger partial charge in [0.25, 0.3) is 11.8 Å². The fourth-order valence-electron chi connectivity index (χ4n) is 6.26. The Morgan fingerprint density at radius 2 is 1.77 bits per heavy atom. The molecule has 2 fully saturated rings. The highest BCUT2D eigenvalue weighted by molar-refractivity contribution is 7.07. The molecule has 4 amide bonds. The monoisotopic (exact) mass is 683 g/mol. The van der Waals surface area contributed by atoms with Gasteiger partial charge >= 0.3 is 0 Å². The SMILES string of the molecule is CCc1nonc1C(=O)N[C@H](C(=O)Nc1ccc([C@H](C)[C@@H](NC(=O)c2ncns2)C(=O)N2CCN(C)CC2)cc1F)[C@H]1CC[C@H](C)CC1. The lowest BCUT2D eigenvalue weighted by molar-refractivity contribution is -0.135. The van der Waals surface area contributed by atoms with Crippen molar-refractivity contribution >= 4 is 40.8 Å². The zero-order valence-electron chi connectivity index (χ0n) is 27.6. The highest BCUT2D eigenvalue weighted by atomic mass is 32.1. The molecule has 0 spiro atoms. The fourth-order valence-corrected chi connectivity index (χ4v) is 6.69. The Morgan fingerprint density at radius 3 is 2.42 bits per heavy atom. The summed E-state index contributed by atoms with van der Waals surface area (Å²) in [5.74, 6) is -2.95. The number of aryl methyl sites for hydroxylation is 1. The standard InChI is InChI=1S/C32H42FN9O5S/c1-5-23-27(40-47-39-23)29(44)38-26(20-8-6-18(2)7-9-20)28(43)36-24-11-10-21(16-22(24)33)19(3)25(37-30(45)31-34-17-35-48-31)32(46)42-14-12-41(4)13-15-42/h10-11,16-20,25-26H,5-9,12-15H2,1-4H3,(H,36,43)(H,37,45)(H,38,44)/t18-,19-,20-,25+,26-/m0/s1. The van der Waals surface area contributed by atoms with Gasteiger partial charge in [0, 0.05) is 32.1 Å². The van der Waals surface area contributed by atoms with E-state index in [4.69, 9.17) is 4.63 Å². The first-order valence-corrected chi connectivity index (χ1v) is 17.1. The van der Waals surface area contributed by atoms with Gasteiger partial charge in [0.05, 0.1) is 5.69 Å². The van der Waals surface area contributed by atoms with Crippen molar-refractivity contribution in [1.29, 1.82) is 0 Å². The summed E-state index contributed by atoms with van der Waals surface area (Å²) in [6, 6.07) is 2.37. The van der Waals surface area contributed by atoms with Crippen molar-refractivity contribution in [3.05, 3.63) is 52.3 Å². The molecule has 3 heterocycles. The van der Waals surface area contributed by atoms with Crippen LogP contribution >= 0.6 is 11.5 Å². The molecule has 2 aromatic heterocycles. The molecule has 14 nitrogen and oxygen atoms in total. The maximum Gasteiger partial charge on any atom is 0.282 e. The van der Waals surface area contributed by atoms with Crippen LogP contribution in [0, 0.1) is 17.7 Å². The summed E-state index contributed by atoms with van der Waals surface area (Å²) in [7, 11) is 1.98. The van der Waals surface area contributed by atoms with Crippen LogP contribution in [0.2, 0.25) is 0 Å². The largest absolute Gasteiger partial charge is 0.338 e. The highest BCUT2D eigenvalue weighted by Crippen LogP contribution is 2.32. The van der Waals surface area contributed by atoms with Gasteiger partial charge in [-0.05, 0) is 72.5 Å². The van der Waals surface area contributed by atoms with E-state index in [2.05, 4.69) is 47.4 Å². The first kappa shape index (κ1) is 35.0. The number of piperazine rings is 1. The van der Waals surface area contributed by atoms with Gasteiger partial charge in [0.2, 0.25) is 16.8 Å². The van der Waals surface area contributed by atoms with Crippen molar-refractivity contribution in [1.82, 2.24) is 40.1 Å². The van der Waals surface area contributed by atoms with Crippen LogP contribution < -0.4 is 16.0 Å². The second kappa shape index (κ2) is 15.7. The molecule has 0 bridgehead atoms. The number of amides is 4. The lowest BCUT2D eigenvalue weighted by Crippen LogP contribution is -2.55. The number of aromatic nitrogens is 4. The minimum Gasteiger partial charge on any atom is -0.338 e. The molecule has 5 rings (SSSR count). The summed E-state index contributed by atoms with van der Waals surface area (Å²) >= 11 is 0.913. The Bertz CT molecular complexity index is 1590. The van der Waals surface area contributed by atoms with Gasteiger partial charge in [-0.1, -0.05) is 44.8 Å². The van der Waals surface area contributed by atoms with Crippen LogP contribution in [0.1, 0.15) is 83.9 Å². The topological polar surface area (TPSA) is 176 Å². The average molecular weight is 684 g/mol. The number of benzene rings is 1. The predicted octanol–water partition coefficient (Wildman–Crippen LogP) is 2.86. The van der Waals surface area contributed by atoms with E-state index in [-0.39, 0.29) is 28.2 Å². The van der Waals surface area contributed by atoms with E-state index in [1.807, 2.05) is 14.0 Å². The van der Waals surface area contributed by atoms with Gasteiger partial charge in [0.1, 0.15) is 29.9 Å². The van der Waals surface area contributed by atoms with Crippen molar-refractivity contribution in [2.75, 3.05) is 38.5 Å². The lowest BCUT2D eigenvalue weighted by atomic mass is 9.79. The van der Waals surface area contributed by atoms with Crippen LogP contribution in [-0.4, -0.2) is 98.4 Å². The van der Waals surface area contributed by atoms with Crippen molar-refractivity contribution in [2.24, 2.45) is 11.8 Å². The maximum atomic E-state index is 15.7. The molecular weight excluding hydrogens is 641 g/mol. The first-order chi connectivity index (χ1) is 23.0. The number of carbonyl (C=O) groups is 4. The summed E-state index contributed by atoms with van der Waals surface area (Å²) in [6.07, 6.45) is 4.94. The predicted molar refractivity (Wildman–Crippen MR) is 175 cm³/mol. The molecule has 3 atom stereocenters. The maximum absolute atomic E-state index is 15.7. The molecule has 3 aromatic rings. The van der Waals surface area contributed by atoms with Gasteiger partial charge in [-0.3, -0.25) is 19.2 Å². The number of hydrogen-bond acceptors (Lipinski definition) is 11. The van der Waals surface area contributed by atoms with E-state index in [9.17, 15) is 19.2 Å². The van der Waals surface area contributed by atoms with E-state index < -0.39 is 41.5 Å². The second-order valence-corrected chi connectivity index (χ2v) is 13.5. The van der Waals surface area contributed by atoms with Gasteiger partial charge in [-0.2, -0.15) is 4.37 Å². The van der Waals surface area contributed by atoms with Gasteiger partial charge in [-0.25, -0.2) is 14.0 Å². The summed E-state index contributed by atoms with van der Waals surface area (Å²) in [5, 5.41) is 15.9. The van der Waals surface area contributed by atoms with E-state index >= 15 is 4.39 Å². The molecule has 1 aromatic carbocycles. The van der Waals surface area contributed by atoms with Gasteiger partial charge in [0.15, 0.2) is 5.69 Å². The zero-order valence-corrected chi connectivity index (χ0v) is 28.4. The number of hydrogen-bond donors (Lipinski definition) is 3. The molecule has 1 saturated carbocycles. The number of halogens is 1. The molecule has 258 valence electrons. The Balaban J connectivity index is 1.34. The number of rotatable bonds is 11. The second-order valence-electron chi connectivity index (χ2n) is 12.7. The van der Waals surface area contributed by atoms with Crippen molar-refractivity contribution in [3.63, 3.8) is 0 Å². The van der Waals surface area contributed by atoms with Crippen LogP contribution in [0.25, 0.3) is 0 Å². The van der Waals surface area contributed by atoms with Crippen molar-refractivity contribution in [3.8, 4) is 0 Å². The number of likely N-dealkylation sites (N-methyl/N-ethyl adjacent to an activating group) is 1. The van der Waals surface area contributed by atoms with E-state index in [0.717, 1.165) is 37.2 Å². The third kappa shape index (κ3) is 8.21. The van der Waals surface area contributed by atoms with Crippen LogP contribution in [0.15, 0.2) is 29.2 Å². The minimum atomic E-state index is -1.00. The molecule has 2 aliphatic rings. The molecule has 0 unspecified atom stereocenters. The highest BCUT2D eigenvalue weighted by Gasteiger charge is 2.36. The molecule has 3 N–H and O–H groups in total. The molecule has 1 aliphatic carbocycles. The van der Waals surface area contributed by atoms with Gasteiger partial charge in [-0.15, -0.1) is 0 Å². The summed E-state index contributed by atoms with van der Waals surface area (Å²) in [6.45, 7) is 8.08. The van der Waals surface area contributed by atoms with Crippen molar-refractivity contribution < 1.29 is 28.2 Å². The molecule has 1 saturated heterocycles. The number of nitrogens with zero attached hydrogens (tertiary/aromatic N) is 6.